The second-order valence-corrected chi connectivity index (χ2v) is 25.0. The number of amides is 6. The lowest BCUT2D eigenvalue weighted by molar-refractivity contribution is -0.310. The molecule has 0 aromatic heterocycles. The summed E-state index contributed by atoms with van der Waals surface area (Å²) in [4.78, 5) is 101. The third-order valence-corrected chi connectivity index (χ3v) is 17.5. The first-order chi connectivity index (χ1) is 45.0. The zero-order valence-electron chi connectivity index (χ0n) is 51.7. The monoisotopic (exact) mass is 1340 g/mol. The lowest BCUT2D eigenvalue weighted by Gasteiger charge is -2.46. The van der Waals surface area contributed by atoms with Crippen LogP contribution in [0.1, 0.15) is 73.1 Å². The number of benzene rings is 5. The van der Waals surface area contributed by atoms with Gasteiger partial charge < -0.3 is 91.7 Å². The van der Waals surface area contributed by atoms with E-state index in [9.17, 15) is 79.2 Å². The SMILES string of the molecule is CC(=O)N[C@H]1[C@H]([C@H](O)[C@H](O)CNC(=O)c2ccc(-c3ccccc3)cc2)O[C@@](OCCCSCCC(=O)Nc2ccc(NC(=O)CCSCCCO[C@]3(C(=O)O)C[C@H](O)[C@@H](NC(C)=O)[C@H]([C@H](O)[C@H](O)CNC(=O)c4ccc(-c5ccccc5)cc4)O3)cc2)(C(=O)O)C[C@@H]1O. The van der Waals surface area contributed by atoms with E-state index in [2.05, 4.69) is 31.9 Å². The van der Waals surface area contributed by atoms with Crippen molar-refractivity contribution in [1.29, 1.82) is 0 Å². The highest BCUT2D eigenvalue weighted by atomic mass is 32.2. The Morgan fingerprint density at radius 3 is 1.17 bits per heavy atom. The maximum Gasteiger partial charge on any atom is 0.364 e. The summed E-state index contributed by atoms with van der Waals surface area (Å²) in [6.07, 6.45) is -14.5. The van der Waals surface area contributed by atoms with Gasteiger partial charge in [-0.2, -0.15) is 23.5 Å². The Morgan fingerprint density at radius 1 is 0.500 bits per heavy atom. The van der Waals surface area contributed by atoms with Gasteiger partial charge in [-0.25, -0.2) is 9.59 Å². The van der Waals surface area contributed by atoms with Crippen molar-refractivity contribution < 1.29 is 98.2 Å². The number of carbonyl (C=O) groups excluding carboxylic acids is 6. The number of carboxylic acids is 2. The molecule has 28 heteroatoms. The first-order valence-electron chi connectivity index (χ1n) is 30.4. The standard InChI is InChI=1S/C66H80N6O20S2/c1-39(73)69-55-49(75)35-65(63(85)86,91-59(55)57(81)51(77)37-67-61(83)45-19-15-43(16-20-45)41-11-5-3-6-12-41)89-29-9-31-93-33-27-53(79)71-47-23-25-48(26-24-47)72-54(80)28-34-94-32-10-30-90-66(64(87)88)36-50(76)56(70-40(2)74)60(92-66)58(82)52(78)38-68-62(84)46-21-17-44(18-22-46)42-13-7-4-8-14-42/h3-8,11-26,49-52,55-60,75-78,81-82H,9-10,27-38H2,1-2H3,(H,67,83)(H,68,84)(H,69,73)(H,70,74)(H,71,79)(H,72,80)(H,85,86)(H,87,88)/t49-,50-,51+,52+,55+,56+,57+,58+,59+,60+,65+,66+/m0/s1. The Balaban J connectivity index is 0.773. The number of ether oxygens (including phenoxy) is 4. The average molecular weight is 1340 g/mol. The Hall–Kier alpha value is -7.84. The van der Waals surface area contributed by atoms with E-state index in [1.54, 1.807) is 72.8 Å². The normalized spacial score (nSPS) is 22.3. The van der Waals surface area contributed by atoms with Crippen LogP contribution in [0.2, 0.25) is 0 Å². The number of hydrogen-bond acceptors (Lipinski definition) is 20. The van der Waals surface area contributed by atoms with E-state index in [1.807, 2.05) is 60.7 Å². The lowest BCUT2D eigenvalue weighted by atomic mass is 9.88. The molecule has 2 fully saturated rings. The number of carboxylic acid groups (broad SMARTS) is 2. The van der Waals surface area contributed by atoms with Crippen LogP contribution in [0.5, 0.6) is 0 Å². The highest BCUT2D eigenvalue weighted by Gasteiger charge is 2.57. The Kier molecular flexibility index (Phi) is 27.9. The smallest absolute Gasteiger partial charge is 0.364 e. The number of aliphatic carboxylic acids is 2. The van der Waals surface area contributed by atoms with Gasteiger partial charge in [-0.15, -0.1) is 0 Å². The first-order valence-corrected chi connectivity index (χ1v) is 32.7. The molecule has 506 valence electrons. The molecule has 2 aliphatic heterocycles. The van der Waals surface area contributed by atoms with E-state index >= 15 is 0 Å². The van der Waals surface area contributed by atoms with Gasteiger partial charge in [0, 0.05) is 86.6 Å². The highest BCUT2D eigenvalue weighted by molar-refractivity contribution is 7.99. The number of aliphatic hydroxyl groups excluding tert-OH is 6. The second kappa shape index (κ2) is 35.6. The van der Waals surface area contributed by atoms with Crippen molar-refractivity contribution in [3.8, 4) is 22.3 Å². The molecule has 7 rings (SSSR count). The summed E-state index contributed by atoms with van der Waals surface area (Å²) in [5.41, 5.74) is 5.10. The van der Waals surface area contributed by atoms with E-state index in [-0.39, 0.29) is 61.8 Å². The Labute approximate surface area is 550 Å². The van der Waals surface area contributed by atoms with Crippen LogP contribution in [-0.4, -0.2) is 210 Å². The van der Waals surface area contributed by atoms with Crippen LogP contribution in [0.15, 0.2) is 133 Å². The number of carbonyl (C=O) groups is 8. The molecule has 0 aliphatic carbocycles. The lowest BCUT2D eigenvalue weighted by Crippen LogP contribution is -2.68. The van der Waals surface area contributed by atoms with Crippen molar-refractivity contribution in [3.05, 3.63) is 145 Å². The molecular formula is C66H80N6O20S2. The van der Waals surface area contributed by atoms with Gasteiger partial charge in [0.15, 0.2) is 0 Å². The summed E-state index contributed by atoms with van der Waals surface area (Å²) >= 11 is 2.77. The Morgan fingerprint density at radius 2 is 0.840 bits per heavy atom. The minimum atomic E-state index is -2.50. The molecule has 14 N–H and O–H groups in total. The summed E-state index contributed by atoms with van der Waals surface area (Å²) < 4.78 is 23.1. The van der Waals surface area contributed by atoms with E-state index in [1.165, 1.54) is 23.5 Å². The molecule has 6 amide bonds. The minimum Gasteiger partial charge on any atom is -0.477 e. The van der Waals surface area contributed by atoms with E-state index < -0.39 is 134 Å². The summed E-state index contributed by atoms with van der Waals surface area (Å²) in [5, 5.41) is 103. The number of nitrogens with one attached hydrogen (secondary N) is 6. The van der Waals surface area contributed by atoms with Crippen molar-refractivity contribution >= 4 is 82.3 Å². The van der Waals surface area contributed by atoms with Gasteiger partial charge in [-0.05, 0) is 95.1 Å². The number of thioether (sulfide) groups is 2. The maximum atomic E-state index is 13.0. The molecule has 2 saturated heterocycles. The molecule has 0 saturated carbocycles. The van der Waals surface area contributed by atoms with Crippen LogP contribution in [0.4, 0.5) is 11.4 Å². The van der Waals surface area contributed by atoms with Crippen molar-refractivity contribution in [1.82, 2.24) is 21.3 Å². The van der Waals surface area contributed by atoms with E-state index in [0.29, 0.717) is 34.4 Å². The maximum absolute atomic E-state index is 13.0. The summed E-state index contributed by atoms with van der Waals surface area (Å²) in [6, 6.07) is 36.1. The average Bonchev–Trinajstić information content (AvgIpc) is 0.778. The largest absolute Gasteiger partial charge is 0.477 e. The first kappa shape index (κ1) is 73.6. The Bertz CT molecular complexity index is 3110. The molecule has 0 unspecified atom stereocenters. The number of rotatable bonds is 34. The summed E-state index contributed by atoms with van der Waals surface area (Å²) in [7, 11) is 0. The predicted molar refractivity (Wildman–Crippen MR) is 348 cm³/mol. The van der Waals surface area contributed by atoms with Gasteiger partial charge in [-0.1, -0.05) is 84.9 Å². The summed E-state index contributed by atoms with van der Waals surface area (Å²) in [5.74, 6) is -9.68. The molecule has 5 aromatic rings. The van der Waals surface area contributed by atoms with Gasteiger partial charge in [0.1, 0.15) is 24.4 Å². The number of hydrogen-bond donors (Lipinski definition) is 14. The van der Waals surface area contributed by atoms with Crippen molar-refractivity contribution in [2.75, 3.05) is 59.9 Å². The molecule has 2 aliphatic rings. The highest BCUT2D eigenvalue weighted by Crippen LogP contribution is 2.36. The van der Waals surface area contributed by atoms with Crippen molar-refractivity contribution in [3.63, 3.8) is 0 Å². The number of anilines is 2. The molecule has 94 heavy (non-hydrogen) atoms. The minimum absolute atomic E-state index is 0.111. The van der Waals surface area contributed by atoms with Crippen LogP contribution >= 0.6 is 23.5 Å². The molecule has 2 heterocycles. The van der Waals surface area contributed by atoms with E-state index in [4.69, 9.17) is 18.9 Å². The molecule has 0 spiro atoms. The van der Waals surface area contributed by atoms with Gasteiger partial charge in [0.25, 0.3) is 23.4 Å². The molecule has 0 radical (unpaired) electrons. The van der Waals surface area contributed by atoms with Gasteiger partial charge in [-0.3, -0.25) is 28.8 Å². The molecular weight excluding hydrogens is 1260 g/mol. The fourth-order valence-electron chi connectivity index (χ4n) is 10.5. The number of aliphatic hydroxyl groups is 6. The fourth-order valence-corrected chi connectivity index (χ4v) is 12.2. The summed E-state index contributed by atoms with van der Waals surface area (Å²) in [6.45, 7) is 0.885. The zero-order valence-corrected chi connectivity index (χ0v) is 53.3. The zero-order chi connectivity index (χ0) is 68.0. The van der Waals surface area contributed by atoms with Crippen LogP contribution < -0.4 is 31.9 Å². The van der Waals surface area contributed by atoms with Gasteiger partial charge >= 0.3 is 11.9 Å². The molecule has 0 bridgehead atoms. The quantitative estimate of drug-likeness (QED) is 0.0263. The third kappa shape index (κ3) is 21.1. The van der Waals surface area contributed by atoms with Crippen LogP contribution in [0.3, 0.4) is 0 Å². The second-order valence-electron chi connectivity index (χ2n) is 22.5. The fraction of sp³-hybridized carbons (Fsp3) is 0.424. The molecule has 5 aromatic carbocycles. The predicted octanol–water partition coefficient (Wildman–Crippen LogP) is 3.13. The van der Waals surface area contributed by atoms with Crippen molar-refractivity contribution in [2.45, 2.75) is 125 Å². The van der Waals surface area contributed by atoms with Gasteiger partial charge in [0.2, 0.25) is 23.6 Å². The van der Waals surface area contributed by atoms with Crippen LogP contribution in [0.25, 0.3) is 22.3 Å². The third-order valence-electron chi connectivity index (χ3n) is 15.4. The van der Waals surface area contributed by atoms with Crippen LogP contribution in [-0.2, 0) is 47.7 Å². The molecule has 26 nitrogen and oxygen atoms in total. The topological polar surface area (TPSA) is 408 Å². The van der Waals surface area contributed by atoms with Gasteiger partial charge in [0.05, 0.1) is 49.7 Å². The molecule has 12 atom stereocenters. The van der Waals surface area contributed by atoms with Crippen molar-refractivity contribution in [2.24, 2.45) is 0 Å². The van der Waals surface area contributed by atoms with E-state index in [0.717, 1.165) is 36.1 Å². The van der Waals surface area contributed by atoms with Crippen LogP contribution in [0, 0.1) is 0 Å².